The summed E-state index contributed by atoms with van der Waals surface area (Å²) in [6.07, 6.45) is 0. The van der Waals surface area contributed by atoms with Gasteiger partial charge in [-0.25, -0.2) is 4.39 Å². The first kappa shape index (κ1) is 18.4. The molecule has 0 bridgehead atoms. The molecule has 26 heavy (non-hydrogen) atoms. The molecule has 1 atom stereocenters. The Morgan fingerprint density at radius 1 is 1.15 bits per heavy atom. The highest BCUT2D eigenvalue weighted by Gasteiger charge is 2.30. The third-order valence-corrected chi connectivity index (χ3v) is 5.11. The summed E-state index contributed by atoms with van der Waals surface area (Å²) in [6, 6.07) is 12.4. The van der Waals surface area contributed by atoms with Gasteiger partial charge in [-0.1, -0.05) is 24.3 Å². The Kier molecular flexibility index (Phi) is 5.57. The van der Waals surface area contributed by atoms with E-state index in [-0.39, 0.29) is 24.4 Å². The number of halogens is 1. The van der Waals surface area contributed by atoms with Crippen LogP contribution in [0.2, 0.25) is 0 Å². The molecule has 0 aliphatic carbocycles. The molecule has 0 saturated carbocycles. The maximum Gasteiger partial charge on any atom is 0.260 e. The van der Waals surface area contributed by atoms with Gasteiger partial charge in [0.25, 0.3) is 5.91 Å². The van der Waals surface area contributed by atoms with Gasteiger partial charge in [-0.3, -0.25) is 9.69 Å². The monoisotopic (exact) mass is 356 g/mol. The van der Waals surface area contributed by atoms with E-state index in [1.165, 1.54) is 11.6 Å². The largest absolute Gasteiger partial charge is 0.484 e. The molecular formula is C21H25FN2O2. The van der Waals surface area contributed by atoms with Crippen LogP contribution in [0.25, 0.3) is 0 Å². The van der Waals surface area contributed by atoms with Crippen molar-refractivity contribution in [2.45, 2.75) is 19.9 Å². The molecule has 1 aliphatic heterocycles. The summed E-state index contributed by atoms with van der Waals surface area (Å²) >= 11 is 0. The SMILES string of the molecule is Cc1ccc(OCC(=O)N2CCN(C)C(c3ccccc3F)C2)cc1C. The minimum absolute atomic E-state index is 0.00376. The molecule has 1 amide bonds. The summed E-state index contributed by atoms with van der Waals surface area (Å²) < 4.78 is 19.8. The van der Waals surface area contributed by atoms with Gasteiger partial charge in [-0.2, -0.15) is 0 Å². The summed E-state index contributed by atoms with van der Waals surface area (Å²) in [5, 5.41) is 0. The molecule has 1 saturated heterocycles. The summed E-state index contributed by atoms with van der Waals surface area (Å²) in [7, 11) is 1.96. The van der Waals surface area contributed by atoms with E-state index < -0.39 is 0 Å². The Labute approximate surface area is 154 Å². The van der Waals surface area contributed by atoms with Gasteiger partial charge in [0.15, 0.2) is 6.61 Å². The van der Waals surface area contributed by atoms with Crippen LogP contribution in [0.5, 0.6) is 5.75 Å². The quantitative estimate of drug-likeness (QED) is 0.842. The minimum Gasteiger partial charge on any atom is -0.484 e. The topological polar surface area (TPSA) is 32.8 Å². The number of carbonyl (C=O) groups is 1. The molecule has 0 aromatic heterocycles. The first-order valence-corrected chi connectivity index (χ1v) is 8.88. The van der Waals surface area contributed by atoms with Crippen molar-refractivity contribution in [3.8, 4) is 5.75 Å². The van der Waals surface area contributed by atoms with E-state index in [1.54, 1.807) is 17.0 Å². The van der Waals surface area contributed by atoms with Crippen LogP contribution in [0.1, 0.15) is 22.7 Å². The predicted molar refractivity (Wildman–Crippen MR) is 99.8 cm³/mol. The van der Waals surface area contributed by atoms with E-state index in [0.29, 0.717) is 30.9 Å². The van der Waals surface area contributed by atoms with E-state index in [4.69, 9.17) is 4.74 Å². The fourth-order valence-electron chi connectivity index (χ4n) is 3.22. The molecule has 1 aliphatic rings. The highest BCUT2D eigenvalue weighted by atomic mass is 19.1. The second-order valence-corrected chi connectivity index (χ2v) is 6.89. The molecule has 1 fully saturated rings. The van der Waals surface area contributed by atoms with E-state index >= 15 is 0 Å². The Morgan fingerprint density at radius 2 is 1.92 bits per heavy atom. The Morgan fingerprint density at radius 3 is 2.65 bits per heavy atom. The molecule has 1 heterocycles. The lowest BCUT2D eigenvalue weighted by Gasteiger charge is -2.39. The fraction of sp³-hybridized carbons (Fsp3) is 0.381. The molecular weight excluding hydrogens is 331 g/mol. The number of ether oxygens (including phenoxy) is 1. The summed E-state index contributed by atoms with van der Waals surface area (Å²) in [5.74, 6) is 0.393. The third kappa shape index (κ3) is 4.05. The van der Waals surface area contributed by atoms with Crippen LogP contribution in [0, 0.1) is 19.7 Å². The van der Waals surface area contributed by atoms with E-state index in [1.807, 2.05) is 45.2 Å². The number of piperazine rings is 1. The number of hydrogen-bond donors (Lipinski definition) is 0. The maximum atomic E-state index is 14.2. The number of likely N-dealkylation sites (N-methyl/N-ethyl adjacent to an activating group) is 1. The highest BCUT2D eigenvalue weighted by Crippen LogP contribution is 2.26. The van der Waals surface area contributed by atoms with E-state index in [9.17, 15) is 9.18 Å². The summed E-state index contributed by atoms with van der Waals surface area (Å²) in [6.45, 7) is 5.84. The normalized spacial score (nSPS) is 18.0. The van der Waals surface area contributed by atoms with Crippen LogP contribution in [0.15, 0.2) is 42.5 Å². The number of nitrogens with zero attached hydrogens (tertiary/aromatic N) is 2. The zero-order valence-corrected chi connectivity index (χ0v) is 15.5. The average Bonchev–Trinajstić information content (AvgIpc) is 2.63. The minimum atomic E-state index is -0.231. The van der Waals surface area contributed by atoms with Crippen molar-refractivity contribution >= 4 is 5.91 Å². The lowest BCUT2D eigenvalue weighted by molar-refractivity contribution is -0.136. The molecule has 0 N–H and O–H groups in total. The Hall–Kier alpha value is -2.40. The molecule has 0 spiro atoms. The number of benzene rings is 2. The molecule has 138 valence electrons. The van der Waals surface area contributed by atoms with Crippen molar-refractivity contribution in [3.05, 3.63) is 65.0 Å². The maximum absolute atomic E-state index is 14.2. The summed E-state index contributed by atoms with van der Waals surface area (Å²) in [4.78, 5) is 16.4. The number of aryl methyl sites for hydroxylation is 2. The summed E-state index contributed by atoms with van der Waals surface area (Å²) in [5.41, 5.74) is 2.95. The van der Waals surface area contributed by atoms with E-state index in [2.05, 4.69) is 4.90 Å². The number of rotatable bonds is 4. The first-order valence-electron chi connectivity index (χ1n) is 8.88. The molecule has 5 heteroatoms. The second kappa shape index (κ2) is 7.87. The van der Waals surface area contributed by atoms with Crippen molar-refractivity contribution in [3.63, 3.8) is 0 Å². The number of carbonyl (C=O) groups excluding carboxylic acids is 1. The van der Waals surface area contributed by atoms with Gasteiger partial charge >= 0.3 is 0 Å². The van der Waals surface area contributed by atoms with Crippen LogP contribution in [0.4, 0.5) is 4.39 Å². The van der Waals surface area contributed by atoms with Crippen LogP contribution in [0.3, 0.4) is 0 Å². The average molecular weight is 356 g/mol. The van der Waals surface area contributed by atoms with Crippen molar-refractivity contribution in [2.24, 2.45) is 0 Å². The third-order valence-electron chi connectivity index (χ3n) is 5.11. The predicted octanol–water partition coefficient (Wildman–Crippen LogP) is 3.34. The van der Waals surface area contributed by atoms with Crippen LogP contribution in [-0.2, 0) is 4.79 Å². The molecule has 2 aromatic carbocycles. The first-order chi connectivity index (χ1) is 12.5. The molecule has 4 nitrogen and oxygen atoms in total. The highest BCUT2D eigenvalue weighted by molar-refractivity contribution is 5.78. The number of hydrogen-bond acceptors (Lipinski definition) is 3. The van der Waals surface area contributed by atoms with E-state index in [0.717, 1.165) is 5.56 Å². The van der Waals surface area contributed by atoms with Crippen molar-refractivity contribution in [1.82, 2.24) is 9.80 Å². The van der Waals surface area contributed by atoms with Gasteiger partial charge in [-0.05, 0) is 50.2 Å². The zero-order chi connectivity index (χ0) is 18.7. The smallest absolute Gasteiger partial charge is 0.260 e. The van der Waals surface area contributed by atoms with Crippen molar-refractivity contribution < 1.29 is 13.9 Å². The van der Waals surface area contributed by atoms with Gasteiger partial charge in [0.05, 0.1) is 6.04 Å². The zero-order valence-electron chi connectivity index (χ0n) is 15.5. The van der Waals surface area contributed by atoms with Gasteiger partial charge in [0.1, 0.15) is 11.6 Å². The fourth-order valence-corrected chi connectivity index (χ4v) is 3.22. The lowest BCUT2D eigenvalue weighted by atomic mass is 10.0. The molecule has 3 rings (SSSR count). The van der Waals surface area contributed by atoms with Crippen molar-refractivity contribution in [1.29, 1.82) is 0 Å². The van der Waals surface area contributed by atoms with Gasteiger partial charge < -0.3 is 9.64 Å². The molecule has 1 unspecified atom stereocenters. The second-order valence-electron chi connectivity index (χ2n) is 6.89. The number of amides is 1. The van der Waals surface area contributed by atoms with Crippen LogP contribution in [-0.4, -0.2) is 49.0 Å². The van der Waals surface area contributed by atoms with Gasteiger partial charge in [0, 0.05) is 25.2 Å². The Bertz CT molecular complexity index is 793. The van der Waals surface area contributed by atoms with Gasteiger partial charge in [-0.15, -0.1) is 0 Å². The molecule has 2 aromatic rings. The Balaban J connectivity index is 1.64. The van der Waals surface area contributed by atoms with Crippen LogP contribution >= 0.6 is 0 Å². The lowest BCUT2D eigenvalue weighted by Crippen LogP contribution is -2.50. The standard InChI is InChI=1S/C21H25FN2O2/c1-15-8-9-17(12-16(15)2)26-14-21(25)24-11-10-23(3)20(13-24)18-6-4-5-7-19(18)22/h4-9,12,20H,10-11,13-14H2,1-3H3. The van der Waals surface area contributed by atoms with Crippen molar-refractivity contribution in [2.75, 3.05) is 33.3 Å². The molecule has 0 radical (unpaired) electrons. The van der Waals surface area contributed by atoms with Crippen LogP contribution < -0.4 is 4.74 Å². The van der Waals surface area contributed by atoms with Gasteiger partial charge in [0.2, 0.25) is 0 Å².